The van der Waals surface area contributed by atoms with Crippen molar-refractivity contribution in [3.8, 4) is 11.5 Å². The van der Waals surface area contributed by atoms with E-state index in [-0.39, 0.29) is 45.2 Å². The van der Waals surface area contributed by atoms with Gasteiger partial charge in [0.25, 0.3) is 0 Å². The second kappa shape index (κ2) is 10.4. The molecular weight excluding hydrogens is 548 g/mol. The molecule has 1 aromatic carbocycles. The monoisotopic (exact) mass is 604 g/mol. The van der Waals surface area contributed by atoms with Crippen LogP contribution in [0.25, 0.3) is 6.08 Å². The number of hydrogen-bond donors (Lipinski definition) is 3. The summed E-state index contributed by atoms with van der Waals surface area (Å²) in [4.78, 5) is 13.0. The van der Waals surface area contributed by atoms with Gasteiger partial charge < -0.3 is 20.1 Å². The zero-order valence-electron chi connectivity index (χ0n) is 28.2. The molecule has 5 nitrogen and oxygen atoms in total. The Morgan fingerprint density at radius 3 is 2.34 bits per heavy atom. The smallest absolute Gasteiger partial charge is 0.331 e. The number of carbonyl (C=O) groups is 1. The molecule has 3 N–H and O–H groups in total. The molecule has 0 bridgehead atoms. The van der Waals surface area contributed by atoms with E-state index in [0.717, 1.165) is 19.3 Å². The van der Waals surface area contributed by atoms with Crippen LogP contribution < -0.4 is 0 Å². The first-order valence-corrected chi connectivity index (χ1v) is 17.2. The normalized spacial score (nSPS) is 46.0. The average molecular weight is 605 g/mol. The molecule has 1 aromatic rings. The van der Waals surface area contributed by atoms with Gasteiger partial charge in [-0.25, -0.2) is 4.79 Å². The zero-order chi connectivity index (χ0) is 32.0. The Balaban J connectivity index is 1.25. The van der Waals surface area contributed by atoms with E-state index in [1.54, 1.807) is 12.1 Å². The molecular formula is C39H56O5. The molecule has 5 aliphatic rings. The van der Waals surface area contributed by atoms with Gasteiger partial charge in [0.15, 0.2) is 11.5 Å². The molecule has 6 rings (SSSR count). The fourth-order valence-electron chi connectivity index (χ4n) is 12.9. The van der Waals surface area contributed by atoms with Crippen molar-refractivity contribution in [2.24, 2.45) is 56.7 Å². The lowest BCUT2D eigenvalue weighted by atomic mass is 9.32. The highest BCUT2D eigenvalue weighted by Crippen LogP contribution is 2.77. The van der Waals surface area contributed by atoms with Crippen LogP contribution in [-0.2, 0) is 9.53 Å². The molecule has 5 heteroatoms. The minimum Gasteiger partial charge on any atom is -0.504 e. The average Bonchev–Trinajstić information content (AvgIpc) is 3.29. The molecule has 11 atom stereocenters. The third-order valence-electron chi connectivity index (χ3n) is 15.0. The third kappa shape index (κ3) is 4.45. The zero-order valence-corrected chi connectivity index (χ0v) is 28.2. The number of phenolic OH excluding ortho intramolecular Hbond substituents is 2. The maximum atomic E-state index is 13.0. The van der Waals surface area contributed by atoms with Gasteiger partial charge in [0, 0.05) is 11.5 Å². The summed E-state index contributed by atoms with van der Waals surface area (Å²) in [7, 11) is 0. The van der Waals surface area contributed by atoms with E-state index >= 15 is 0 Å². The summed E-state index contributed by atoms with van der Waals surface area (Å²) in [5.41, 5.74) is 2.23. The minimum absolute atomic E-state index is 0.0314. The molecule has 242 valence electrons. The molecule has 0 heterocycles. The predicted octanol–water partition coefficient (Wildman–Crippen LogP) is 8.67. The number of aliphatic hydroxyl groups is 1. The quantitative estimate of drug-likeness (QED) is 0.139. The van der Waals surface area contributed by atoms with Crippen LogP contribution in [0.3, 0.4) is 0 Å². The Morgan fingerprint density at radius 2 is 1.66 bits per heavy atom. The van der Waals surface area contributed by atoms with Crippen molar-refractivity contribution in [3.05, 3.63) is 42.0 Å². The molecule has 0 unspecified atom stereocenters. The highest BCUT2D eigenvalue weighted by molar-refractivity contribution is 5.87. The van der Waals surface area contributed by atoms with Gasteiger partial charge in [0.2, 0.25) is 0 Å². The Kier molecular flexibility index (Phi) is 7.47. The van der Waals surface area contributed by atoms with Crippen molar-refractivity contribution in [1.29, 1.82) is 0 Å². The van der Waals surface area contributed by atoms with Crippen molar-refractivity contribution in [3.63, 3.8) is 0 Å². The van der Waals surface area contributed by atoms with Crippen molar-refractivity contribution < 1.29 is 24.9 Å². The van der Waals surface area contributed by atoms with Gasteiger partial charge in [0.05, 0.1) is 6.10 Å². The Hall–Kier alpha value is -2.27. The fourth-order valence-corrected chi connectivity index (χ4v) is 12.9. The van der Waals surface area contributed by atoms with Crippen LogP contribution in [-0.4, -0.2) is 33.5 Å². The summed E-state index contributed by atoms with van der Waals surface area (Å²) < 4.78 is 6.13. The van der Waals surface area contributed by atoms with Crippen LogP contribution in [0, 0.1) is 56.7 Å². The fraction of sp³-hybridized carbons (Fsp3) is 0.718. The molecule has 5 aliphatic carbocycles. The van der Waals surface area contributed by atoms with E-state index in [1.807, 2.05) is 0 Å². The number of carbonyl (C=O) groups excluding carboxylic acids is 1. The number of benzene rings is 1. The lowest BCUT2D eigenvalue weighted by Gasteiger charge is -2.73. The van der Waals surface area contributed by atoms with Crippen LogP contribution in [0.2, 0.25) is 0 Å². The van der Waals surface area contributed by atoms with Crippen molar-refractivity contribution in [2.75, 3.05) is 0 Å². The molecule has 0 radical (unpaired) electrons. The minimum atomic E-state index is -0.447. The van der Waals surface area contributed by atoms with Crippen LogP contribution in [0.5, 0.6) is 11.5 Å². The van der Waals surface area contributed by atoms with E-state index < -0.39 is 12.1 Å². The summed E-state index contributed by atoms with van der Waals surface area (Å²) in [6, 6.07) is 4.45. The van der Waals surface area contributed by atoms with E-state index in [2.05, 4.69) is 55.0 Å². The molecule has 5 saturated carbocycles. The Morgan fingerprint density at radius 1 is 0.932 bits per heavy atom. The number of ether oxygens (including phenoxy) is 1. The number of aliphatic hydroxyl groups excluding tert-OH is 1. The van der Waals surface area contributed by atoms with Crippen LogP contribution >= 0.6 is 0 Å². The SMILES string of the molecule is C=C(C)[C@@H]1CC[C@]2(C)CC[C@]3(C)[C@H](CC[C@@H]4[C@@]5(C)CC[C@H](OC(=O)C=Cc6ccc(O)c(O)c6)C(C)(C)[C@@H]5[C@@H](O)C[C@]43C)[C@@H]12. The second-order valence-electron chi connectivity index (χ2n) is 17.4. The van der Waals surface area contributed by atoms with E-state index in [9.17, 15) is 20.1 Å². The van der Waals surface area contributed by atoms with Gasteiger partial charge in [-0.2, -0.15) is 0 Å². The molecule has 0 aromatic heterocycles. The highest BCUT2D eigenvalue weighted by Gasteiger charge is 2.72. The third-order valence-corrected chi connectivity index (χ3v) is 15.0. The van der Waals surface area contributed by atoms with Crippen LogP contribution in [0.15, 0.2) is 36.4 Å². The number of rotatable bonds is 4. The maximum absolute atomic E-state index is 13.0. The van der Waals surface area contributed by atoms with Gasteiger partial charge in [0.1, 0.15) is 6.10 Å². The van der Waals surface area contributed by atoms with Crippen molar-refractivity contribution >= 4 is 12.0 Å². The number of aromatic hydroxyl groups is 2. The van der Waals surface area contributed by atoms with Crippen LogP contribution in [0.4, 0.5) is 0 Å². The van der Waals surface area contributed by atoms with E-state index in [1.165, 1.54) is 62.3 Å². The molecule has 0 aliphatic heterocycles. The Labute approximate surface area is 265 Å². The number of allylic oxidation sites excluding steroid dienone is 1. The first kappa shape index (κ1) is 31.7. The largest absolute Gasteiger partial charge is 0.504 e. The molecule has 44 heavy (non-hydrogen) atoms. The van der Waals surface area contributed by atoms with Gasteiger partial charge in [-0.15, -0.1) is 0 Å². The number of phenols is 2. The molecule has 0 spiro atoms. The molecule has 0 amide bonds. The van der Waals surface area contributed by atoms with E-state index in [0.29, 0.717) is 34.7 Å². The maximum Gasteiger partial charge on any atom is 0.331 e. The van der Waals surface area contributed by atoms with Gasteiger partial charge in [-0.3, -0.25) is 0 Å². The van der Waals surface area contributed by atoms with Crippen LogP contribution in [0.1, 0.15) is 112 Å². The van der Waals surface area contributed by atoms with Gasteiger partial charge in [-0.1, -0.05) is 59.8 Å². The van der Waals surface area contributed by atoms with Gasteiger partial charge in [-0.05, 0) is 140 Å². The summed E-state index contributed by atoms with van der Waals surface area (Å²) in [6.07, 6.45) is 12.4. The molecule has 0 saturated heterocycles. The standard InChI is InChI=1S/C39H56O5/c1-23(2)25-15-17-36(5)19-20-38(7)26(33(25)36)11-13-30-37(6)18-16-31(35(3,4)34(37)29(42)22-39(30,38)8)44-32(43)14-10-24-9-12-27(40)28(41)21-24/h9-10,12,14,21,25-26,29-31,33-34,40-42H,1,11,13,15-20,22H2,2-8H3/t25-,26+,29-,30+,31-,33+,34-,36+,37+,38+,39+/m0/s1. The summed E-state index contributed by atoms with van der Waals surface area (Å²) in [5, 5.41) is 31.6. The number of fused-ring (bicyclic) bond motifs is 7. The van der Waals surface area contributed by atoms with Gasteiger partial charge >= 0.3 is 5.97 Å². The molecule has 5 fully saturated rings. The summed E-state index contributed by atoms with van der Waals surface area (Å²) in [5.74, 6) is 1.72. The number of esters is 1. The van der Waals surface area contributed by atoms with E-state index in [4.69, 9.17) is 4.74 Å². The van der Waals surface area contributed by atoms with Crippen molar-refractivity contribution in [2.45, 2.75) is 118 Å². The topological polar surface area (TPSA) is 87.0 Å². The second-order valence-corrected chi connectivity index (χ2v) is 17.4. The highest BCUT2D eigenvalue weighted by atomic mass is 16.5. The first-order valence-electron chi connectivity index (χ1n) is 17.2. The first-order chi connectivity index (χ1) is 20.5. The lowest BCUT2D eigenvalue weighted by molar-refractivity contribution is -0.275. The Bertz CT molecular complexity index is 1360. The number of hydrogen-bond acceptors (Lipinski definition) is 5. The lowest BCUT2D eigenvalue weighted by Crippen LogP contribution is -2.69. The predicted molar refractivity (Wildman–Crippen MR) is 175 cm³/mol. The summed E-state index contributed by atoms with van der Waals surface area (Å²) >= 11 is 0. The summed E-state index contributed by atoms with van der Waals surface area (Å²) in [6.45, 7) is 21.3. The van der Waals surface area contributed by atoms with Crippen molar-refractivity contribution in [1.82, 2.24) is 0 Å².